The van der Waals surface area contributed by atoms with E-state index >= 15 is 0 Å². The molecule has 0 spiro atoms. The van der Waals surface area contributed by atoms with Gasteiger partial charge in [-0.1, -0.05) is 42.5 Å². The van der Waals surface area contributed by atoms with E-state index in [1.165, 1.54) is 0 Å². The summed E-state index contributed by atoms with van der Waals surface area (Å²) < 4.78 is 5.14. The Morgan fingerprint density at radius 1 is 1.06 bits per heavy atom. The molecule has 1 N–H and O–H groups in total. The summed E-state index contributed by atoms with van der Waals surface area (Å²) in [6.07, 6.45) is 0.126. The number of ether oxygens (including phenoxy) is 1. The number of hydrogen-bond donors (Lipinski definition) is 1. The van der Waals surface area contributed by atoms with E-state index in [1.54, 1.807) is 7.11 Å². The Kier molecular flexibility index (Phi) is 3.78. The second-order valence-electron chi connectivity index (χ2n) is 3.98. The number of rotatable bonds is 4. The van der Waals surface area contributed by atoms with E-state index in [1.807, 2.05) is 54.6 Å². The lowest BCUT2D eigenvalue weighted by Gasteiger charge is -2.12. The van der Waals surface area contributed by atoms with Crippen LogP contribution in [-0.2, 0) is 6.42 Å². The summed E-state index contributed by atoms with van der Waals surface area (Å²) in [6.45, 7) is 0. The summed E-state index contributed by atoms with van der Waals surface area (Å²) in [7, 11) is 1.63. The van der Waals surface area contributed by atoms with Crippen LogP contribution in [0.3, 0.4) is 0 Å². The maximum absolute atomic E-state index is 10.1. The normalized spacial score (nSPS) is 12.1. The Balaban J connectivity index is 2.11. The van der Waals surface area contributed by atoms with Crippen LogP contribution >= 0.6 is 0 Å². The van der Waals surface area contributed by atoms with Crippen LogP contribution in [0.15, 0.2) is 54.6 Å². The van der Waals surface area contributed by atoms with Crippen molar-refractivity contribution in [3.63, 3.8) is 0 Å². The van der Waals surface area contributed by atoms with Crippen molar-refractivity contribution in [1.29, 1.82) is 0 Å². The molecule has 0 saturated heterocycles. The van der Waals surface area contributed by atoms with Crippen molar-refractivity contribution in [2.75, 3.05) is 7.11 Å². The smallest absolute Gasteiger partial charge is 0.119 e. The van der Waals surface area contributed by atoms with Crippen molar-refractivity contribution in [2.45, 2.75) is 12.5 Å². The highest BCUT2D eigenvalue weighted by molar-refractivity contribution is 5.31. The SMILES string of the molecule is COc1cccc([C@H](O)Cc2ccccc2)c1. The van der Waals surface area contributed by atoms with Crippen molar-refractivity contribution in [1.82, 2.24) is 0 Å². The first kappa shape index (κ1) is 11.7. The zero-order valence-electron chi connectivity index (χ0n) is 9.84. The van der Waals surface area contributed by atoms with Gasteiger partial charge >= 0.3 is 0 Å². The lowest BCUT2D eigenvalue weighted by Crippen LogP contribution is -2.01. The van der Waals surface area contributed by atoms with Crippen LogP contribution in [-0.4, -0.2) is 12.2 Å². The van der Waals surface area contributed by atoms with Crippen LogP contribution in [0.5, 0.6) is 5.75 Å². The lowest BCUT2D eigenvalue weighted by molar-refractivity contribution is 0.178. The second kappa shape index (κ2) is 5.51. The Morgan fingerprint density at radius 3 is 2.53 bits per heavy atom. The molecule has 0 saturated carbocycles. The summed E-state index contributed by atoms with van der Waals surface area (Å²) >= 11 is 0. The zero-order valence-corrected chi connectivity index (χ0v) is 9.84. The number of methoxy groups -OCH3 is 1. The highest BCUT2D eigenvalue weighted by atomic mass is 16.5. The van der Waals surface area contributed by atoms with Crippen LogP contribution < -0.4 is 4.74 Å². The predicted octanol–water partition coefficient (Wildman–Crippen LogP) is 2.97. The largest absolute Gasteiger partial charge is 0.497 e. The number of benzene rings is 2. The molecule has 2 aromatic rings. The summed E-state index contributed by atoms with van der Waals surface area (Å²) in [4.78, 5) is 0. The van der Waals surface area contributed by atoms with Crippen LogP contribution in [0.2, 0.25) is 0 Å². The Labute approximate surface area is 101 Å². The second-order valence-corrected chi connectivity index (χ2v) is 3.98. The minimum atomic E-state index is -0.493. The Bertz CT molecular complexity index is 465. The molecule has 0 heterocycles. The van der Waals surface area contributed by atoms with Crippen molar-refractivity contribution in [2.24, 2.45) is 0 Å². The molecule has 2 aromatic carbocycles. The van der Waals surface area contributed by atoms with Crippen LogP contribution in [0.1, 0.15) is 17.2 Å². The van der Waals surface area contributed by atoms with Crippen molar-refractivity contribution >= 4 is 0 Å². The monoisotopic (exact) mass is 228 g/mol. The molecule has 0 aromatic heterocycles. The van der Waals surface area contributed by atoms with Crippen LogP contribution in [0.4, 0.5) is 0 Å². The molecule has 17 heavy (non-hydrogen) atoms. The van der Waals surface area contributed by atoms with E-state index < -0.39 is 6.10 Å². The Hall–Kier alpha value is -1.80. The first-order valence-corrected chi connectivity index (χ1v) is 5.65. The molecule has 2 heteroatoms. The molecule has 0 bridgehead atoms. The summed E-state index contributed by atoms with van der Waals surface area (Å²) in [5.74, 6) is 0.773. The van der Waals surface area contributed by atoms with Crippen LogP contribution in [0, 0.1) is 0 Å². The van der Waals surface area contributed by atoms with Gasteiger partial charge < -0.3 is 9.84 Å². The fourth-order valence-electron chi connectivity index (χ4n) is 1.80. The first-order valence-electron chi connectivity index (χ1n) is 5.65. The van der Waals surface area contributed by atoms with E-state index in [4.69, 9.17) is 4.74 Å². The quantitative estimate of drug-likeness (QED) is 0.871. The molecule has 0 unspecified atom stereocenters. The van der Waals surface area contributed by atoms with Gasteiger partial charge in [0.2, 0.25) is 0 Å². The van der Waals surface area contributed by atoms with E-state index in [2.05, 4.69) is 0 Å². The minimum Gasteiger partial charge on any atom is -0.497 e. The van der Waals surface area contributed by atoms with Gasteiger partial charge in [0.05, 0.1) is 13.2 Å². The number of aliphatic hydroxyl groups excluding tert-OH is 1. The predicted molar refractivity (Wildman–Crippen MR) is 68.1 cm³/mol. The van der Waals surface area contributed by atoms with Crippen LogP contribution in [0.25, 0.3) is 0 Å². The summed E-state index contributed by atoms with van der Waals surface area (Å²) in [5, 5.41) is 10.1. The maximum atomic E-state index is 10.1. The zero-order chi connectivity index (χ0) is 12.1. The molecular weight excluding hydrogens is 212 g/mol. The van der Waals surface area contributed by atoms with Gasteiger partial charge in [-0.25, -0.2) is 0 Å². The fourth-order valence-corrected chi connectivity index (χ4v) is 1.80. The summed E-state index contributed by atoms with van der Waals surface area (Å²) in [5.41, 5.74) is 2.01. The molecule has 2 nitrogen and oxygen atoms in total. The van der Waals surface area contributed by atoms with Crippen molar-refractivity contribution < 1.29 is 9.84 Å². The van der Waals surface area contributed by atoms with Gasteiger partial charge in [0.25, 0.3) is 0 Å². The van der Waals surface area contributed by atoms with Crippen molar-refractivity contribution in [3.8, 4) is 5.75 Å². The van der Waals surface area contributed by atoms with E-state index in [-0.39, 0.29) is 0 Å². The summed E-state index contributed by atoms with van der Waals surface area (Å²) in [6, 6.07) is 17.5. The molecule has 0 radical (unpaired) electrons. The molecule has 0 amide bonds. The molecular formula is C15H16O2. The molecule has 2 rings (SSSR count). The minimum absolute atomic E-state index is 0.493. The van der Waals surface area contributed by atoms with Gasteiger partial charge in [0.1, 0.15) is 5.75 Å². The van der Waals surface area contributed by atoms with Gasteiger partial charge in [-0.3, -0.25) is 0 Å². The number of hydrogen-bond acceptors (Lipinski definition) is 2. The first-order chi connectivity index (χ1) is 8.29. The topological polar surface area (TPSA) is 29.5 Å². The van der Waals surface area contributed by atoms with E-state index in [0.29, 0.717) is 6.42 Å². The number of aliphatic hydroxyl groups is 1. The molecule has 0 aliphatic carbocycles. The van der Waals surface area contributed by atoms with Crippen molar-refractivity contribution in [3.05, 3.63) is 65.7 Å². The van der Waals surface area contributed by atoms with E-state index in [0.717, 1.165) is 16.9 Å². The van der Waals surface area contributed by atoms with Gasteiger partial charge in [-0.2, -0.15) is 0 Å². The van der Waals surface area contributed by atoms with Gasteiger partial charge in [0, 0.05) is 6.42 Å². The maximum Gasteiger partial charge on any atom is 0.119 e. The Morgan fingerprint density at radius 2 is 1.82 bits per heavy atom. The molecule has 88 valence electrons. The molecule has 0 aliphatic rings. The molecule has 0 fully saturated rings. The third-order valence-electron chi connectivity index (χ3n) is 2.75. The third-order valence-corrected chi connectivity index (χ3v) is 2.75. The average Bonchev–Trinajstić information content (AvgIpc) is 2.40. The average molecular weight is 228 g/mol. The van der Waals surface area contributed by atoms with Gasteiger partial charge in [0.15, 0.2) is 0 Å². The van der Waals surface area contributed by atoms with E-state index in [9.17, 15) is 5.11 Å². The standard InChI is InChI=1S/C15H16O2/c1-17-14-9-5-8-13(11-14)15(16)10-12-6-3-2-4-7-12/h2-9,11,15-16H,10H2,1H3/t15-/m1/s1. The molecule has 0 aliphatic heterocycles. The third kappa shape index (κ3) is 3.08. The highest BCUT2D eigenvalue weighted by Gasteiger charge is 2.08. The fraction of sp³-hybridized carbons (Fsp3) is 0.200. The van der Waals surface area contributed by atoms with Gasteiger partial charge in [-0.05, 0) is 23.3 Å². The molecule has 1 atom stereocenters. The van der Waals surface area contributed by atoms with Gasteiger partial charge in [-0.15, -0.1) is 0 Å². The lowest BCUT2D eigenvalue weighted by atomic mass is 10.0. The highest BCUT2D eigenvalue weighted by Crippen LogP contribution is 2.22.